The number of carbonyl (C=O) groups is 1. The molecule has 1 amide bonds. The average Bonchev–Trinajstić information content (AvgIpc) is 3.19. The van der Waals surface area contributed by atoms with E-state index in [1.807, 2.05) is 25.1 Å². The van der Waals surface area contributed by atoms with Crippen LogP contribution in [0.2, 0.25) is 0 Å². The molecule has 0 radical (unpaired) electrons. The lowest BCUT2D eigenvalue weighted by Gasteiger charge is -2.17. The number of aryl methyl sites for hydroxylation is 1. The van der Waals surface area contributed by atoms with Crippen LogP contribution in [0.25, 0.3) is 10.2 Å². The number of anilines is 1. The number of furan rings is 1. The predicted molar refractivity (Wildman–Crippen MR) is 89.2 cm³/mol. The summed E-state index contributed by atoms with van der Waals surface area (Å²) in [5.74, 6) is 0.807. The first kappa shape index (κ1) is 14.8. The van der Waals surface area contributed by atoms with Gasteiger partial charge in [0.15, 0.2) is 5.13 Å². The van der Waals surface area contributed by atoms with Crippen LogP contribution < -0.4 is 4.90 Å². The number of aromatic nitrogens is 1. The molecule has 0 unspecified atom stereocenters. The zero-order chi connectivity index (χ0) is 15.5. The molecule has 3 aromatic rings. The van der Waals surface area contributed by atoms with Gasteiger partial charge in [-0.1, -0.05) is 31.3 Å². The molecule has 0 saturated heterocycles. The SMILES string of the molecule is CCC(=O)N(Cc1ccco1)c1nc2ccc(CC)cc2s1. The molecule has 114 valence electrons. The normalized spacial score (nSPS) is 11.0. The molecule has 3 rings (SSSR count). The van der Waals surface area contributed by atoms with Gasteiger partial charge < -0.3 is 4.42 Å². The van der Waals surface area contributed by atoms with Crippen LogP contribution in [0.5, 0.6) is 0 Å². The first-order chi connectivity index (χ1) is 10.7. The number of carbonyl (C=O) groups excluding carboxylic acids is 1. The van der Waals surface area contributed by atoms with Gasteiger partial charge in [-0.15, -0.1) is 0 Å². The van der Waals surface area contributed by atoms with E-state index in [1.54, 1.807) is 22.5 Å². The summed E-state index contributed by atoms with van der Waals surface area (Å²) in [4.78, 5) is 18.6. The van der Waals surface area contributed by atoms with Gasteiger partial charge in [0.2, 0.25) is 5.91 Å². The van der Waals surface area contributed by atoms with E-state index in [9.17, 15) is 4.79 Å². The number of fused-ring (bicyclic) bond motifs is 1. The van der Waals surface area contributed by atoms with Crippen molar-refractivity contribution in [2.24, 2.45) is 0 Å². The molecule has 1 aromatic carbocycles. The first-order valence-corrected chi connectivity index (χ1v) is 8.25. The molecule has 0 aliphatic carbocycles. The van der Waals surface area contributed by atoms with Crippen LogP contribution in [-0.4, -0.2) is 10.9 Å². The van der Waals surface area contributed by atoms with Crippen molar-refractivity contribution in [2.45, 2.75) is 33.2 Å². The molecule has 22 heavy (non-hydrogen) atoms. The number of amides is 1. The molecule has 0 saturated carbocycles. The zero-order valence-electron chi connectivity index (χ0n) is 12.7. The van der Waals surface area contributed by atoms with Crippen LogP contribution in [0.3, 0.4) is 0 Å². The van der Waals surface area contributed by atoms with Crippen molar-refractivity contribution in [3.63, 3.8) is 0 Å². The fourth-order valence-electron chi connectivity index (χ4n) is 2.30. The Bertz CT molecular complexity index is 777. The molecular formula is C17H18N2O2S. The van der Waals surface area contributed by atoms with Gasteiger partial charge in [0.05, 0.1) is 23.0 Å². The van der Waals surface area contributed by atoms with E-state index < -0.39 is 0 Å². The summed E-state index contributed by atoms with van der Waals surface area (Å²) >= 11 is 1.55. The molecule has 0 N–H and O–H groups in total. The molecule has 5 heteroatoms. The Labute approximate surface area is 133 Å². The summed E-state index contributed by atoms with van der Waals surface area (Å²) in [6.45, 7) is 4.41. The van der Waals surface area contributed by atoms with Crippen LogP contribution >= 0.6 is 11.3 Å². The number of hydrogen-bond acceptors (Lipinski definition) is 4. The summed E-state index contributed by atoms with van der Waals surface area (Å²) in [7, 11) is 0. The lowest BCUT2D eigenvalue weighted by atomic mass is 10.2. The van der Waals surface area contributed by atoms with E-state index in [1.165, 1.54) is 5.56 Å². The van der Waals surface area contributed by atoms with Crippen LogP contribution in [0.4, 0.5) is 5.13 Å². The van der Waals surface area contributed by atoms with Crippen molar-refractivity contribution in [2.75, 3.05) is 4.90 Å². The monoisotopic (exact) mass is 314 g/mol. The Morgan fingerprint density at radius 2 is 2.18 bits per heavy atom. The second-order valence-corrected chi connectivity index (χ2v) is 6.07. The first-order valence-electron chi connectivity index (χ1n) is 7.43. The minimum absolute atomic E-state index is 0.0474. The second kappa shape index (κ2) is 6.32. The fraction of sp³-hybridized carbons (Fsp3) is 0.294. The molecule has 0 aliphatic rings. The minimum atomic E-state index is 0.0474. The van der Waals surface area contributed by atoms with Gasteiger partial charge in [0, 0.05) is 6.42 Å². The summed E-state index contributed by atoms with van der Waals surface area (Å²) < 4.78 is 6.49. The maximum Gasteiger partial charge on any atom is 0.228 e. The van der Waals surface area contributed by atoms with Crippen LogP contribution in [0.1, 0.15) is 31.6 Å². The van der Waals surface area contributed by atoms with Gasteiger partial charge in [-0.2, -0.15) is 0 Å². The largest absolute Gasteiger partial charge is 0.467 e. The molecule has 0 fully saturated rings. The van der Waals surface area contributed by atoms with Crippen molar-refractivity contribution in [3.05, 3.63) is 47.9 Å². The highest BCUT2D eigenvalue weighted by Gasteiger charge is 2.19. The molecule has 0 aliphatic heterocycles. The highest BCUT2D eigenvalue weighted by atomic mass is 32.1. The lowest BCUT2D eigenvalue weighted by molar-refractivity contribution is -0.118. The third kappa shape index (κ3) is 2.90. The highest BCUT2D eigenvalue weighted by Crippen LogP contribution is 2.31. The lowest BCUT2D eigenvalue weighted by Crippen LogP contribution is -2.29. The Morgan fingerprint density at radius 3 is 2.86 bits per heavy atom. The van der Waals surface area contributed by atoms with Crippen LogP contribution in [-0.2, 0) is 17.8 Å². The van der Waals surface area contributed by atoms with Crippen molar-refractivity contribution in [3.8, 4) is 0 Å². The summed E-state index contributed by atoms with van der Waals surface area (Å²) in [5.41, 5.74) is 2.22. The second-order valence-electron chi connectivity index (χ2n) is 5.06. The van der Waals surface area contributed by atoms with Crippen molar-refractivity contribution < 1.29 is 9.21 Å². The predicted octanol–water partition coefficient (Wildman–Crippen LogP) is 4.39. The van der Waals surface area contributed by atoms with Gasteiger partial charge >= 0.3 is 0 Å². The molecule has 0 spiro atoms. The molecule has 4 nitrogen and oxygen atoms in total. The number of thiazole rings is 1. The summed E-state index contributed by atoms with van der Waals surface area (Å²) in [6.07, 6.45) is 3.06. The number of rotatable bonds is 5. The van der Waals surface area contributed by atoms with E-state index in [0.29, 0.717) is 13.0 Å². The number of benzene rings is 1. The Morgan fingerprint density at radius 1 is 1.32 bits per heavy atom. The Kier molecular flexibility index (Phi) is 4.24. The maximum absolute atomic E-state index is 12.3. The van der Waals surface area contributed by atoms with Gasteiger partial charge in [-0.3, -0.25) is 9.69 Å². The van der Waals surface area contributed by atoms with Crippen LogP contribution in [0.15, 0.2) is 41.0 Å². The smallest absolute Gasteiger partial charge is 0.228 e. The third-order valence-electron chi connectivity index (χ3n) is 3.58. The molecule has 0 atom stereocenters. The minimum Gasteiger partial charge on any atom is -0.467 e. The van der Waals surface area contributed by atoms with Crippen molar-refractivity contribution >= 4 is 32.6 Å². The molecule has 0 bridgehead atoms. The summed E-state index contributed by atoms with van der Waals surface area (Å²) in [6, 6.07) is 9.96. The molecular weight excluding hydrogens is 296 g/mol. The zero-order valence-corrected chi connectivity index (χ0v) is 13.5. The number of nitrogens with zero attached hydrogens (tertiary/aromatic N) is 2. The van der Waals surface area contributed by atoms with Gasteiger partial charge in [0.25, 0.3) is 0 Å². The average molecular weight is 314 g/mol. The van der Waals surface area contributed by atoms with Gasteiger partial charge in [-0.25, -0.2) is 4.98 Å². The summed E-state index contributed by atoms with van der Waals surface area (Å²) in [5, 5.41) is 0.728. The van der Waals surface area contributed by atoms with E-state index in [0.717, 1.165) is 27.5 Å². The van der Waals surface area contributed by atoms with E-state index >= 15 is 0 Å². The third-order valence-corrected chi connectivity index (χ3v) is 4.62. The number of hydrogen-bond donors (Lipinski definition) is 0. The standard InChI is InChI=1S/C17H18N2O2S/c1-3-12-7-8-14-15(10-12)22-17(18-14)19(16(20)4-2)11-13-6-5-9-21-13/h5-10H,3-4,11H2,1-2H3. The van der Waals surface area contributed by atoms with E-state index in [2.05, 4.69) is 24.0 Å². The highest BCUT2D eigenvalue weighted by molar-refractivity contribution is 7.22. The van der Waals surface area contributed by atoms with Gasteiger partial charge in [0.1, 0.15) is 5.76 Å². The topological polar surface area (TPSA) is 46.3 Å². The van der Waals surface area contributed by atoms with Crippen molar-refractivity contribution in [1.82, 2.24) is 4.98 Å². The van der Waals surface area contributed by atoms with E-state index in [4.69, 9.17) is 4.42 Å². The van der Waals surface area contributed by atoms with Gasteiger partial charge in [-0.05, 0) is 36.2 Å². The Balaban J connectivity index is 1.97. The molecule has 2 heterocycles. The van der Waals surface area contributed by atoms with Crippen LogP contribution in [0, 0.1) is 0 Å². The maximum atomic E-state index is 12.3. The van der Waals surface area contributed by atoms with E-state index in [-0.39, 0.29) is 5.91 Å². The quantitative estimate of drug-likeness (QED) is 0.701. The molecule has 2 aromatic heterocycles. The fourth-order valence-corrected chi connectivity index (χ4v) is 3.35. The Hall–Kier alpha value is -2.14. The van der Waals surface area contributed by atoms with Crippen molar-refractivity contribution in [1.29, 1.82) is 0 Å².